The Balaban J connectivity index is 2.16. The van der Waals surface area contributed by atoms with Crippen LogP contribution in [0.3, 0.4) is 0 Å². The van der Waals surface area contributed by atoms with Crippen molar-refractivity contribution in [1.82, 2.24) is 0 Å². The highest BCUT2D eigenvalue weighted by Crippen LogP contribution is 2.31. The number of esters is 1. The standard InChI is InChI=1S/C18H15Cl2NO5/c1-10(22)21-15-8-17(25-2)12(7-14(15)20)18(24)26-9-16(23)11-5-3-4-6-13(11)19/h3-8H,9H2,1-2H3,(H,21,22). The van der Waals surface area contributed by atoms with Crippen LogP contribution in [-0.2, 0) is 9.53 Å². The maximum Gasteiger partial charge on any atom is 0.342 e. The molecule has 6 nitrogen and oxygen atoms in total. The fraction of sp³-hybridized carbons (Fsp3) is 0.167. The van der Waals surface area contributed by atoms with E-state index in [-0.39, 0.29) is 32.8 Å². The van der Waals surface area contributed by atoms with Gasteiger partial charge in [-0.05, 0) is 18.2 Å². The van der Waals surface area contributed by atoms with Gasteiger partial charge in [-0.2, -0.15) is 0 Å². The van der Waals surface area contributed by atoms with Crippen molar-refractivity contribution in [2.45, 2.75) is 6.92 Å². The van der Waals surface area contributed by atoms with Gasteiger partial charge in [0.25, 0.3) is 0 Å². The topological polar surface area (TPSA) is 81.7 Å². The number of hydrogen-bond donors (Lipinski definition) is 1. The lowest BCUT2D eigenvalue weighted by atomic mass is 10.1. The molecule has 8 heteroatoms. The summed E-state index contributed by atoms with van der Waals surface area (Å²) in [6.45, 7) is 0.835. The summed E-state index contributed by atoms with van der Waals surface area (Å²) < 4.78 is 10.2. The molecule has 136 valence electrons. The average Bonchev–Trinajstić information content (AvgIpc) is 2.60. The minimum absolute atomic E-state index is 0.0264. The van der Waals surface area contributed by atoms with Gasteiger partial charge in [-0.3, -0.25) is 9.59 Å². The van der Waals surface area contributed by atoms with E-state index in [2.05, 4.69) is 5.32 Å². The quantitative estimate of drug-likeness (QED) is 0.590. The van der Waals surface area contributed by atoms with E-state index < -0.39 is 18.4 Å². The first-order chi connectivity index (χ1) is 12.3. The lowest BCUT2D eigenvalue weighted by Gasteiger charge is -2.12. The Morgan fingerprint density at radius 2 is 1.73 bits per heavy atom. The van der Waals surface area contributed by atoms with Crippen LogP contribution in [0.5, 0.6) is 5.75 Å². The number of carbonyl (C=O) groups is 3. The predicted molar refractivity (Wildman–Crippen MR) is 98.4 cm³/mol. The third kappa shape index (κ3) is 4.74. The minimum atomic E-state index is -0.793. The number of methoxy groups -OCH3 is 1. The molecule has 0 saturated heterocycles. The van der Waals surface area contributed by atoms with Gasteiger partial charge in [0, 0.05) is 18.6 Å². The van der Waals surface area contributed by atoms with Gasteiger partial charge in [-0.25, -0.2) is 4.79 Å². The summed E-state index contributed by atoms with van der Waals surface area (Å²) in [7, 11) is 1.35. The summed E-state index contributed by atoms with van der Waals surface area (Å²) in [5.41, 5.74) is 0.575. The number of amides is 1. The second kappa shape index (κ2) is 8.69. The average molecular weight is 396 g/mol. The van der Waals surface area contributed by atoms with Crippen LogP contribution in [0.4, 0.5) is 5.69 Å². The zero-order valence-corrected chi connectivity index (χ0v) is 15.5. The second-order valence-electron chi connectivity index (χ2n) is 5.19. The molecule has 2 aromatic carbocycles. The first kappa shape index (κ1) is 19.8. The van der Waals surface area contributed by atoms with E-state index in [1.165, 1.54) is 32.2 Å². The molecule has 1 N–H and O–H groups in total. The molecule has 2 aromatic rings. The number of Topliss-reactive ketones (excluding diaryl/α,β-unsaturated/α-hetero) is 1. The van der Waals surface area contributed by atoms with Crippen LogP contribution in [0.25, 0.3) is 0 Å². The van der Waals surface area contributed by atoms with Crippen molar-refractivity contribution in [3.05, 3.63) is 57.6 Å². The molecule has 0 aliphatic heterocycles. The highest BCUT2D eigenvalue weighted by molar-refractivity contribution is 6.34. The molecule has 0 aromatic heterocycles. The fourth-order valence-corrected chi connectivity index (χ4v) is 2.59. The Bertz CT molecular complexity index is 867. The number of carbonyl (C=O) groups excluding carboxylic acids is 3. The largest absolute Gasteiger partial charge is 0.496 e. The lowest BCUT2D eigenvalue weighted by Crippen LogP contribution is -2.16. The van der Waals surface area contributed by atoms with Crippen LogP contribution in [0.2, 0.25) is 10.0 Å². The van der Waals surface area contributed by atoms with E-state index in [1.807, 2.05) is 0 Å². The van der Waals surface area contributed by atoms with Gasteiger partial charge in [0.15, 0.2) is 6.61 Å². The van der Waals surface area contributed by atoms with Crippen LogP contribution in [0.15, 0.2) is 36.4 Å². The number of anilines is 1. The van der Waals surface area contributed by atoms with Crippen molar-refractivity contribution in [1.29, 1.82) is 0 Å². The minimum Gasteiger partial charge on any atom is -0.496 e. The fourth-order valence-electron chi connectivity index (χ4n) is 2.14. The Kier molecular flexibility index (Phi) is 6.60. The number of rotatable bonds is 6. The molecular weight excluding hydrogens is 381 g/mol. The van der Waals surface area contributed by atoms with Crippen molar-refractivity contribution in [2.75, 3.05) is 19.0 Å². The number of benzene rings is 2. The molecule has 0 aliphatic rings. The molecule has 0 atom stereocenters. The summed E-state index contributed by atoms with van der Waals surface area (Å²) in [6.07, 6.45) is 0. The van der Waals surface area contributed by atoms with Crippen LogP contribution >= 0.6 is 23.2 Å². The molecule has 0 saturated carbocycles. The SMILES string of the molecule is COc1cc(NC(C)=O)c(Cl)cc1C(=O)OCC(=O)c1ccccc1Cl. The van der Waals surface area contributed by atoms with Crippen molar-refractivity contribution in [3.8, 4) is 5.75 Å². The van der Waals surface area contributed by atoms with Gasteiger partial charge in [0.2, 0.25) is 11.7 Å². The Morgan fingerprint density at radius 3 is 2.35 bits per heavy atom. The van der Waals surface area contributed by atoms with Crippen LogP contribution in [0, 0.1) is 0 Å². The van der Waals surface area contributed by atoms with Gasteiger partial charge in [0.1, 0.15) is 11.3 Å². The monoisotopic (exact) mass is 395 g/mol. The number of nitrogens with one attached hydrogen (secondary N) is 1. The van der Waals surface area contributed by atoms with Crippen molar-refractivity contribution >= 4 is 46.5 Å². The molecule has 0 radical (unpaired) electrons. The summed E-state index contributed by atoms with van der Waals surface area (Å²) in [5, 5.41) is 2.92. The van der Waals surface area contributed by atoms with E-state index in [4.69, 9.17) is 32.7 Å². The summed E-state index contributed by atoms with van der Waals surface area (Å²) in [4.78, 5) is 35.6. The van der Waals surface area contributed by atoms with Crippen LogP contribution < -0.4 is 10.1 Å². The highest BCUT2D eigenvalue weighted by Gasteiger charge is 2.20. The molecule has 0 aliphatic carbocycles. The second-order valence-corrected chi connectivity index (χ2v) is 6.01. The molecule has 0 bridgehead atoms. The van der Waals surface area contributed by atoms with Crippen LogP contribution in [0.1, 0.15) is 27.6 Å². The number of halogens is 2. The smallest absolute Gasteiger partial charge is 0.342 e. The molecule has 1 amide bonds. The third-order valence-corrected chi connectivity index (χ3v) is 3.97. The van der Waals surface area contributed by atoms with Gasteiger partial charge in [-0.15, -0.1) is 0 Å². The van der Waals surface area contributed by atoms with Gasteiger partial charge in [0.05, 0.1) is 22.8 Å². The van der Waals surface area contributed by atoms with Crippen molar-refractivity contribution < 1.29 is 23.9 Å². The summed E-state index contributed by atoms with van der Waals surface area (Å²) in [5.74, 6) is -1.41. The highest BCUT2D eigenvalue weighted by atomic mass is 35.5. The Labute approximate surface area is 160 Å². The molecular formula is C18H15Cl2NO5. The molecule has 0 spiro atoms. The molecule has 0 unspecified atom stereocenters. The number of ether oxygens (including phenoxy) is 2. The van der Waals surface area contributed by atoms with Crippen LogP contribution in [-0.4, -0.2) is 31.4 Å². The maximum atomic E-state index is 12.3. The zero-order valence-electron chi connectivity index (χ0n) is 14.0. The molecule has 26 heavy (non-hydrogen) atoms. The van der Waals surface area contributed by atoms with E-state index >= 15 is 0 Å². The molecule has 0 heterocycles. The van der Waals surface area contributed by atoms with Crippen molar-refractivity contribution in [2.24, 2.45) is 0 Å². The Morgan fingerprint density at radius 1 is 1.04 bits per heavy atom. The van der Waals surface area contributed by atoms with Gasteiger partial charge >= 0.3 is 5.97 Å². The number of ketones is 1. The Hall–Kier alpha value is -2.57. The van der Waals surface area contributed by atoms with E-state index in [9.17, 15) is 14.4 Å². The van der Waals surface area contributed by atoms with Crippen molar-refractivity contribution in [3.63, 3.8) is 0 Å². The third-order valence-electron chi connectivity index (χ3n) is 3.33. The van der Waals surface area contributed by atoms with Gasteiger partial charge in [-0.1, -0.05) is 35.3 Å². The molecule has 2 rings (SSSR count). The predicted octanol–water partition coefficient (Wildman–Crippen LogP) is 4.00. The van der Waals surface area contributed by atoms with Gasteiger partial charge < -0.3 is 14.8 Å². The lowest BCUT2D eigenvalue weighted by molar-refractivity contribution is -0.114. The maximum absolute atomic E-state index is 12.3. The normalized spacial score (nSPS) is 10.2. The molecule has 0 fully saturated rings. The first-order valence-electron chi connectivity index (χ1n) is 7.43. The zero-order chi connectivity index (χ0) is 19.3. The number of hydrogen-bond acceptors (Lipinski definition) is 5. The summed E-state index contributed by atoms with van der Waals surface area (Å²) >= 11 is 12.0. The first-order valence-corrected chi connectivity index (χ1v) is 8.19. The summed E-state index contributed by atoms with van der Waals surface area (Å²) in [6, 6.07) is 9.15. The van der Waals surface area contributed by atoms with E-state index in [0.29, 0.717) is 5.69 Å². The van der Waals surface area contributed by atoms with E-state index in [1.54, 1.807) is 18.2 Å². The van der Waals surface area contributed by atoms with E-state index in [0.717, 1.165) is 0 Å².